The van der Waals surface area contributed by atoms with Crippen molar-refractivity contribution in [1.29, 1.82) is 0 Å². The first-order valence-corrected chi connectivity index (χ1v) is 8.70. The molecule has 0 saturated heterocycles. The van der Waals surface area contributed by atoms with E-state index in [4.69, 9.17) is 10.5 Å². The summed E-state index contributed by atoms with van der Waals surface area (Å²) >= 11 is 0. The molecule has 0 fully saturated rings. The highest BCUT2D eigenvalue weighted by atomic mass is 16.6. The Morgan fingerprint density at radius 1 is 1.10 bits per heavy atom. The van der Waals surface area contributed by atoms with E-state index in [0.717, 1.165) is 10.8 Å². The number of anilines is 1. The van der Waals surface area contributed by atoms with Crippen LogP contribution in [0.2, 0.25) is 0 Å². The summed E-state index contributed by atoms with van der Waals surface area (Å²) in [6, 6.07) is 13.6. The zero-order valence-electron chi connectivity index (χ0n) is 15.4. The van der Waals surface area contributed by atoms with E-state index in [1.807, 2.05) is 25.1 Å². The summed E-state index contributed by atoms with van der Waals surface area (Å²) in [5, 5.41) is 22.5. The summed E-state index contributed by atoms with van der Waals surface area (Å²) in [5.74, 6) is -0.255. The molecule has 0 bridgehead atoms. The Kier molecular flexibility index (Phi) is 4.08. The maximum absolute atomic E-state index is 12.0. The maximum atomic E-state index is 12.0. The van der Waals surface area contributed by atoms with Gasteiger partial charge in [0.25, 0.3) is 5.69 Å². The second kappa shape index (κ2) is 6.49. The third kappa shape index (κ3) is 2.89. The number of nitro benzene ring substituents is 1. The fraction of sp³-hybridized carbons (Fsp3) is 0.0455. The van der Waals surface area contributed by atoms with Crippen molar-refractivity contribution in [2.24, 2.45) is 0 Å². The number of hydrogen-bond donors (Lipinski definition) is 2. The van der Waals surface area contributed by atoms with Gasteiger partial charge >= 0.3 is 5.97 Å². The van der Waals surface area contributed by atoms with Crippen LogP contribution in [-0.2, 0) is 0 Å². The topological polar surface area (TPSA) is 116 Å². The quantitative estimate of drug-likeness (QED) is 0.317. The summed E-state index contributed by atoms with van der Waals surface area (Å²) in [6.07, 6.45) is 0. The summed E-state index contributed by atoms with van der Waals surface area (Å²) < 4.78 is 6.04. The van der Waals surface area contributed by atoms with E-state index < -0.39 is 16.6 Å². The van der Waals surface area contributed by atoms with Crippen molar-refractivity contribution in [1.82, 2.24) is 0 Å². The van der Waals surface area contributed by atoms with Crippen LogP contribution < -0.4 is 20.9 Å². The fourth-order valence-electron chi connectivity index (χ4n) is 3.54. The lowest BCUT2D eigenvalue weighted by atomic mass is 9.88. The minimum atomic E-state index is -1.34. The number of carbonyl (C=O) groups is 1. The van der Waals surface area contributed by atoms with Crippen LogP contribution in [-0.4, -0.2) is 16.0 Å². The Labute approximate surface area is 165 Å². The Balaban J connectivity index is 2.17. The molecule has 3 N–H and O–H groups in total. The number of aryl methyl sites for hydroxylation is 1. The molecule has 3 aromatic rings. The van der Waals surface area contributed by atoms with Crippen molar-refractivity contribution >= 4 is 29.5 Å². The zero-order valence-corrected chi connectivity index (χ0v) is 15.4. The molecule has 0 radical (unpaired) electrons. The van der Waals surface area contributed by atoms with E-state index >= 15 is 0 Å². The van der Waals surface area contributed by atoms with E-state index in [0.29, 0.717) is 27.9 Å². The van der Waals surface area contributed by atoms with Crippen LogP contribution >= 0.6 is 0 Å². The Morgan fingerprint density at radius 2 is 1.83 bits per heavy atom. The SMILES string of the molecule is C=c1ccc2c(c1)Oc1cc(C)ccc1C=2c1ccc([N+](=O)[O-])c(N)c1C(=O)O. The fourth-order valence-corrected chi connectivity index (χ4v) is 3.54. The first kappa shape index (κ1) is 18.2. The number of nitrogen functional groups attached to an aromatic ring is 1. The number of aromatic carboxylic acids is 1. The number of carboxylic acids is 1. The van der Waals surface area contributed by atoms with Gasteiger partial charge in [-0.1, -0.05) is 30.8 Å². The van der Waals surface area contributed by atoms with Crippen molar-refractivity contribution in [2.45, 2.75) is 6.92 Å². The molecule has 0 aromatic heterocycles. The number of fused-ring (bicyclic) bond motifs is 2. The van der Waals surface area contributed by atoms with Crippen LogP contribution in [0.15, 0.2) is 48.5 Å². The van der Waals surface area contributed by atoms with E-state index in [-0.39, 0.29) is 16.8 Å². The number of rotatable bonds is 3. The van der Waals surface area contributed by atoms with E-state index in [1.165, 1.54) is 12.1 Å². The Morgan fingerprint density at radius 3 is 2.52 bits per heavy atom. The van der Waals surface area contributed by atoms with Crippen LogP contribution in [0.1, 0.15) is 27.0 Å². The standard InChI is InChI=1S/C22H16N2O5/c1-11-3-5-13-17(9-11)29-18-10-12(2)4-6-14(18)19(13)15-7-8-16(24(27)28)21(23)20(15)22(25)26/h3-10H,1,23H2,2H3,(H,25,26). The number of ether oxygens (including phenoxy) is 1. The van der Waals surface area contributed by atoms with Gasteiger partial charge in [-0.05, 0) is 35.9 Å². The molecule has 0 amide bonds. The van der Waals surface area contributed by atoms with Gasteiger partial charge in [-0.15, -0.1) is 0 Å². The molecule has 0 atom stereocenters. The Hall–Kier alpha value is -4.13. The molecule has 0 saturated carbocycles. The van der Waals surface area contributed by atoms with Crippen LogP contribution in [0.4, 0.5) is 11.4 Å². The largest absolute Gasteiger partial charge is 0.478 e. The second-order valence-corrected chi connectivity index (χ2v) is 6.79. The molecule has 29 heavy (non-hydrogen) atoms. The minimum absolute atomic E-state index is 0.284. The zero-order chi connectivity index (χ0) is 20.9. The highest BCUT2D eigenvalue weighted by Gasteiger charge is 2.28. The number of carboxylic acid groups (broad SMARTS) is 1. The van der Waals surface area contributed by atoms with Crippen molar-refractivity contribution in [2.75, 3.05) is 5.73 Å². The first-order chi connectivity index (χ1) is 13.8. The van der Waals surface area contributed by atoms with Crippen LogP contribution in [0, 0.1) is 17.0 Å². The molecular formula is C22H16N2O5. The number of nitrogens with two attached hydrogens (primary N) is 1. The first-order valence-electron chi connectivity index (χ1n) is 8.70. The molecule has 4 rings (SSSR count). The number of hydrogen-bond acceptors (Lipinski definition) is 5. The summed E-state index contributed by atoms with van der Waals surface area (Å²) in [4.78, 5) is 22.6. The maximum Gasteiger partial charge on any atom is 0.338 e. The average molecular weight is 388 g/mol. The lowest BCUT2D eigenvalue weighted by Gasteiger charge is -2.22. The summed E-state index contributed by atoms with van der Waals surface area (Å²) in [6.45, 7) is 5.83. The molecule has 1 aliphatic heterocycles. The smallest absolute Gasteiger partial charge is 0.338 e. The Bertz CT molecular complexity index is 1330. The minimum Gasteiger partial charge on any atom is -0.478 e. The molecule has 1 heterocycles. The van der Waals surface area contributed by atoms with E-state index in [2.05, 4.69) is 6.58 Å². The molecule has 7 heteroatoms. The predicted molar refractivity (Wildman–Crippen MR) is 109 cm³/mol. The van der Waals surface area contributed by atoms with Crippen LogP contribution in [0.5, 0.6) is 11.5 Å². The summed E-state index contributed by atoms with van der Waals surface area (Å²) in [5.41, 5.74) is 7.27. The van der Waals surface area contributed by atoms with Crippen LogP contribution in [0.25, 0.3) is 12.2 Å². The van der Waals surface area contributed by atoms with Gasteiger partial charge in [-0.3, -0.25) is 10.1 Å². The van der Waals surface area contributed by atoms with Crippen molar-refractivity contribution < 1.29 is 19.6 Å². The van der Waals surface area contributed by atoms with Crippen molar-refractivity contribution in [3.63, 3.8) is 0 Å². The number of benzene rings is 3. The molecule has 7 nitrogen and oxygen atoms in total. The van der Waals surface area contributed by atoms with Gasteiger partial charge in [-0.25, -0.2) is 4.79 Å². The van der Waals surface area contributed by atoms with Gasteiger partial charge < -0.3 is 15.6 Å². The number of nitrogens with zero attached hydrogens (tertiary/aromatic N) is 1. The highest BCUT2D eigenvalue weighted by Crippen LogP contribution is 2.40. The average Bonchev–Trinajstić information content (AvgIpc) is 2.64. The molecular weight excluding hydrogens is 372 g/mol. The second-order valence-electron chi connectivity index (χ2n) is 6.79. The van der Waals surface area contributed by atoms with Gasteiger partial charge in [0.15, 0.2) is 0 Å². The highest BCUT2D eigenvalue weighted by molar-refractivity contribution is 6.04. The third-order valence-electron chi connectivity index (χ3n) is 4.84. The van der Waals surface area contributed by atoms with Gasteiger partial charge in [0.2, 0.25) is 0 Å². The molecule has 0 unspecified atom stereocenters. The molecule has 0 spiro atoms. The van der Waals surface area contributed by atoms with Gasteiger partial charge in [0.1, 0.15) is 17.2 Å². The van der Waals surface area contributed by atoms with Gasteiger partial charge in [0, 0.05) is 28.0 Å². The third-order valence-corrected chi connectivity index (χ3v) is 4.84. The van der Waals surface area contributed by atoms with Gasteiger partial charge in [0.05, 0.1) is 10.5 Å². The lowest BCUT2D eigenvalue weighted by molar-refractivity contribution is -0.383. The monoisotopic (exact) mass is 388 g/mol. The lowest BCUT2D eigenvalue weighted by Crippen LogP contribution is -2.21. The molecule has 144 valence electrons. The van der Waals surface area contributed by atoms with E-state index in [1.54, 1.807) is 18.2 Å². The summed E-state index contributed by atoms with van der Waals surface area (Å²) in [7, 11) is 0. The van der Waals surface area contributed by atoms with Crippen molar-refractivity contribution in [3.05, 3.63) is 91.3 Å². The van der Waals surface area contributed by atoms with Crippen LogP contribution in [0.3, 0.4) is 0 Å². The molecule has 0 aliphatic carbocycles. The van der Waals surface area contributed by atoms with Crippen molar-refractivity contribution in [3.8, 4) is 11.5 Å². The molecule has 1 aliphatic rings. The number of nitro groups is 1. The normalized spacial score (nSPS) is 12.0. The molecule has 3 aromatic carbocycles. The van der Waals surface area contributed by atoms with E-state index in [9.17, 15) is 20.0 Å². The van der Waals surface area contributed by atoms with Gasteiger partial charge in [-0.2, -0.15) is 0 Å². The predicted octanol–water partition coefficient (Wildman–Crippen LogP) is 2.95.